The molecule has 1 N–H and O–H groups in total. The van der Waals surface area contributed by atoms with Gasteiger partial charge in [0, 0.05) is 35.6 Å². The van der Waals surface area contributed by atoms with Crippen LogP contribution in [0, 0.1) is 17.8 Å². The van der Waals surface area contributed by atoms with Crippen LogP contribution in [0.2, 0.25) is 0 Å². The highest BCUT2D eigenvalue weighted by atomic mass is 79.9. The molecule has 0 aromatic heterocycles. The van der Waals surface area contributed by atoms with Gasteiger partial charge in [0.1, 0.15) is 12.4 Å². The van der Waals surface area contributed by atoms with Crippen molar-refractivity contribution in [2.24, 2.45) is 17.8 Å². The molecule has 1 heterocycles. The van der Waals surface area contributed by atoms with E-state index in [0.29, 0.717) is 31.0 Å². The Kier molecular flexibility index (Phi) is 5.58. The maximum absolute atomic E-state index is 11.7. The summed E-state index contributed by atoms with van der Waals surface area (Å²) in [5.41, 5.74) is -0.248. The third-order valence-electron chi connectivity index (χ3n) is 4.82. The Labute approximate surface area is 158 Å². The lowest BCUT2D eigenvalue weighted by molar-refractivity contribution is 0.123. The Bertz CT molecular complexity index is 588. The van der Waals surface area contributed by atoms with E-state index in [-0.39, 0.29) is 11.6 Å². The summed E-state index contributed by atoms with van der Waals surface area (Å²) in [6.45, 7) is 10.2. The van der Waals surface area contributed by atoms with Gasteiger partial charge in [0.15, 0.2) is 0 Å². The summed E-state index contributed by atoms with van der Waals surface area (Å²) in [7, 11) is 0. The molecule has 0 bridgehead atoms. The number of carbonyl (C=O) groups excluding carboxylic acids is 1. The Morgan fingerprint density at radius 1 is 1.24 bits per heavy atom. The summed E-state index contributed by atoms with van der Waals surface area (Å²) < 4.78 is 12.2. The number of benzene rings is 1. The van der Waals surface area contributed by atoms with E-state index in [1.165, 1.54) is 0 Å². The molecule has 2 atom stereocenters. The monoisotopic (exact) mass is 410 g/mol. The molecule has 25 heavy (non-hydrogen) atoms. The van der Waals surface area contributed by atoms with Crippen molar-refractivity contribution in [2.75, 3.05) is 32.8 Å². The zero-order valence-electron chi connectivity index (χ0n) is 15.1. The molecule has 1 aliphatic heterocycles. The van der Waals surface area contributed by atoms with E-state index < -0.39 is 0 Å². The van der Waals surface area contributed by atoms with E-state index in [0.717, 1.165) is 29.9 Å². The van der Waals surface area contributed by atoms with Gasteiger partial charge in [-0.25, -0.2) is 4.79 Å². The van der Waals surface area contributed by atoms with E-state index in [1.54, 1.807) is 0 Å². The molecule has 1 aliphatic carbocycles. The summed E-state index contributed by atoms with van der Waals surface area (Å²) in [4.78, 5) is 14.2. The first kappa shape index (κ1) is 18.5. The minimum Gasteiger partial charge on any atom is -0.492 e. The molecule has 1 saturated carbocycles. The predicted molar refractivity (Wildman–Crippen MR) is 101 cm³/mol. The van der Waals surface area contributed by atoms with Crippen molar-refractivity contribution in [3.8, 4) is 5.75 Å². The van der Waals surface area contributed by atoms with E-state index in [1.807, 2.05) is 45.0 Å². The van der Waals surface area contributed by atoms with Gasteiger partial charge in [-0.15, -0.1) is 0 Å². The van der Waals surface area contributed by atoms with Crippen LogP contribution in [0.3, 0.4) is 0 Å². The lowest BCUT2D eigenvalue weighted by Gasteiger charge is -2.21. The van der Waals surface area contributed by atoms with Crippen molar-refractivity contribution in [3.05, 3.63) is 28.7 Å². The minimum absolute atomic E-state index is 0.248. The normalized spacial score (nSPS) is 25.4. The molecule has 0 spiro atoms. The highest BCUT2D eigenvalue weighted by Gasteiger charge is 2.55. The molecule has 1 aromatic rings. The quantitative estimate of drug-likeness (QED) is 0.778. The largest absolute Gasteiger partial charge is 0.492 e. The minimum atomic E-state index is -0.308. The third kappa shape index (κ3) is 5.35. The number of carbonyl (C=O) groups is 1. The molecule has 6 heteroatoms. The number of hydrogen-bond donors (Lipinski definition) is 1. The van der Waals surface area contributed by atoms with Crippen LogP contribution < -0.4 is 10.1 Å². The molecule has 2 aliphatic rings. The van der Waals surface area contributed by atoms with Gasteiger partial charge in [0.2, 0.25) is 0 Å². The number of piperidine rings is 1. The van der Waals surface area contributed by atoms with Crippen molar-refractivity contribution < 1.29 is 14.3 Å². The molecule has 1 aromatic carbocycles. The smallest absolute Gasteiger partial charge is 0.407 e. The number of ether oxygens (including phenoxy) is 2. The first-order valence-electron chi connectivity index (χ1n) is 8.87. The van der Waals surface area contributed by atoms with E-state index >= 15 is 0 Å². The van der Waals surface area contributed by atoms with Crippen LogP contribution in [0.5, 0.6) is 5.75 Å². The number of hydrogen-bond acceptors (Lipinski definition) is 4. The number of nitrogens with one attached hydrogen (secondary N) is 1. The number of halogens is 1. The standard InChI is InChI=1S/C19H27BrN2O3/c1-19(2,3)21-18(23)25-12-17-15-10-22(11-16(15)17)8-9-24-14-6-4-13(20)5-7-14/h4-7,15-17H,8-12H2,1-3H3,(H,21,23). The van der Waals surface area contributed by atoms with Crippen molar-refractivity contribution >= 4 is 22.0 Å². The summed E-state index contributed by atoms with van der Waals surface area (Å²) in [6.07, 6.45) is -0.308. The van der Waals surface area contributed by atoms with Crippen molar-refractivity contribution in [3.63, 3.8) is 0 Å². The maximum Gasteiger partial charge on any atom is 0.407 e. The van der Waals surface area contributed by atoms with Crippen LogP contribution in [-0.2, 0) is 4.74 Å². The second-order valence-electron chi connectivity index (χ2n) is 8.03. The van der Waals surface area contributed by atoms with Gasteiger partial charge in [-0.2, -0.15) is 0 Å². The Morgan fingerprint density at radius 2 is 1.88 bits per heavy atom. The number of amides is 1. The van der Waals surface area contributed by atoms with Crippen LogP contribution in [0.4, 0.5) is 4.79 Å². The fourth-order valence-corrected chi connectivity index (χ4v) is 3.77. The molecule has 1 amide bonds. The number of alkyl carbamates (subject to hydrolysis) is 1. The molecular weight excluding hydrogens is 384 g/mol. The average Bonchev–Trinajstić information content (AvgIpc) is 2.97. The average molecular weight is 411 g/mol. The second-order valence-corrected chi connectivity index (χ2v) is 8.94. The van der Waals surface area contributed by atoms with Crippen molar-refractivity contribution in [1.29, 1.82) is 0 Å². The van der Waals surface area contributed by atoms with Crippen LogP contribution >= 0.6 is 15.9 Å². The summed E-state index contributed by atoms with van der Waals surface area (Å²) in [6, 6.07) is 7.92. The molecule has 2 unspecified atom stereocenters. The molecule has 5 nitrogen and oxygen atoms in total. The fraction of sp³-hybridized carbons (Fsp3) is 0.632. The molecule has 2 fully saturated rings. The predicted octanol–water partition coefficient (Wildman–Crippen LogP) is 3.53. The van der Waals surface area contributed by atoms with Crippen molar-refractivity contribution in [1.82, 2.24) is 10.2 Å². The first-order chi connectivity index (χ1) is 11.8. The topological polar surface area (TPSA) is 50.8 Å². The number of rotatable bonds is 6. The molecule has 1 saturated heterocycles. The summed E-state index contributed by atoms with van der Waals surface area (Å²) in [5, 5.41) is 2.83. The highest BCUT2D eigenvalue weighted by molar-refractivity contribution is 9.10. The van der Waals surface area contributed by atoms with Crippen molar-refractivity contribution in [2.45, 2.75) is 26.3 Å². The first-order valence-corrected chi connectivity index (χ1v) is 9.67. The fourth-order valence-electron chi connectivity index (χ4n) is 3.50. The number of nitrogens with zero attached hydrogens (tertiary/aromatic N) is 1. The Balaban J connectivity index is 1.29. The zero-order valence-corrected chi connectivity index (χ0v) is 16.7. The lowest BCUT2D eigenvalue weighted by atomic mass is 10.1. The Morgan fingerprint density at radius 3 is 2.48 bits per heavy atom. The van der Waals surface area contributed by atoms with Gasteiger partial charge in [-0.1, -0.05) is 15.9 Å². The van der Waals surface area contributed by atoms with Crippen LogP contribution in [0.15, 0.2) is 28.7 Å². The number of likely N-dealkylation sites (tertiary alicyclic amines) is 1. The summed E-state index contributed by atoms with van der Waals surface area (Å²) in [5.74, 6) is 2.79. The summed E-state index contributed by atoms with van der Waals surface area (Å²) >= 11 is 3.42. The number of fused-ring (bicyclic) bond motifs is 1. The van der Waals surface area contributed by atoms with Gasteiger partial charge >= 0.3 is 6.09 Å². The van der Waals surface area contributed by atoms with E-state index in [9.17, 15) is 4.79 Å². The van der Waals surface area contributed by atoms with Gasteiger partial charge in [-0.05, 0) is 56.9 Å². The SMILES string of the molecule is CC(C)(C)NC(=O)OCC1C2CN(CCOc3ccc(Br)cc3)CC12. The maximum atomic E-state index is 11.7. The molecule has 3 rings (SSSR count). The second kappa shape index (κ2) is 7.54. The third-order valence-corrected chi connectivity index (χ3v) is 5.35. The molecular formula is C19H27BrN2O3. The van der Waals surface area contributed by atoms with Gasteiger partial charge in [-0.3, -0.25) is 4.90 Å². The van der Waals surface area contributed by atoms with Crippen LogP contribution in [0.25, 0.3) is 0 Å². The molecule has 138 valence electrons. The van der Waals surface area contributed by atoms with Gasteiger partial charge in [0.05, 0.1) is 6.61 Å². The van der Waals surface area contributed by atoms with Crippen LogP contribution in [0.1, 0.15) is 20.8 Å². The highest BCUT2D eigenvalue weighted by Crippen LogP contribution is 2.51. The lowest BCUT2D eigenvalue weighted by Crippen LogP contribution is -2.41. The molecule has 0 radical (unpaired) electrons. The van der Waals surface area contributed by atoms with Gasteiger partial charge in [0.25, 0.3) is 0 Å². The zero-order chi connectivity index (χ0) is 18.0. The van der Waals surface area contributed by atoms with E-state index in [4.69, 9.17) is 9.47 Å². The Hall–Kier alpha value is -1.27. The van der Waals surface area contributed by atoms with Gasteiger partial charge < -0.3 is 14.8 Å². The van der Waals surface area contributed by atoms with E-state index in [2.05, 4.69) is 26.1 Å². The van der Waals surface area contributed by atoms with Crippen LogP contribution in [-0.4, -0.2) is 49.4 Å².